The van der Waals surface area contributed by atoms with Crippen LogP contribution < -0.4 is 5.32 Å². The third-order valence-corrected chi connectivity index (χ3v) is 3.82. The van der Waals surface area contributed by atoms with Crippen LogP contribution in [0.5, 0.6) is 0 Å². The van der Waals surface area contributed by atoms with E-state index in [1.54, 1.807) is 54.9 Å². The molecule has 1 fully saturated rings. The van der Waals surface area contributed by atoms with Gasteiger partial charge in [-0.2, -0.15) is 0 Å². The summed E-state index contributed by atoms with van der Waals surface area (Å²) in [6.45, 7) is 0.449. The number of carbonyl (C=O) groups excluding carboxylic acids is 1. The lowest BCUT2D eigenvalue weighted by atomic mass is 10.1. The average molecular weight is 404 g/mol. The summed E-state index contributed by atoms with van der Waals surface area (Å²) in [5.41, 5.74) is 2.04. The van der Waals surface area contributed by atoms with Gasteiger partial charge in [0.15, 0.2) is 0 Å². The number of alkyl carbamates (subject to hydrolysis) is 1. The summed E-state index contributed by atoms with van der Waals surface area (Å²) in [5.74, 6) is 5.06. The summed E-state index contributed by atoms with van der Waals surface area (Å²) in [5, 5.41) is 2.53. The molecule has 1 aliphatic rings. The second kappa shape index (κ2) is 11.6. The van der Waals surface area contributed by atoms with Crippen molar-refractivity contribution in [2.75, 3.05) is 6.54 Å². The van der Waals surface area contributed by atoms with Crippen LogP contribution in [-0.4, -0.2) is 17.6 Å². The number of carbonyl (C=O) groups is 1. The molecule has 6 heteroatoms. The molecule has 1 aromatic heterocycles. The Labute approximate surface area is 173 Å². The van der Waals surface area contributed by atoms with Crippen molar-refractivity contribution < 1.29 is 18.3 Å². The summed E-state index contributed by atoms with van der Waals surface area (Å²) in [6.07, 6.45) is 10.6. The SMILES string of the molecule is C#C.Fc1ccccc1C#Cc1ccncc1.O=C1NC[C@H](c2ccc(F)cc2)O1. The Hall–Kier alpha value is -4.16. The first-order chi connectivity index (χ1) is 14.6. The summed E-state index contributed by atoms with van der Waals surface area (Å²) in [6, 6.07) is 16.0. The van der Waals surface area contributed by atoms with Crippen molar-refractivity contribution in [2.24, 2.45) is 0 Å². The van der Waals surface area contributed by atoms with Crippen LogP contribution in [-0.2, 0) is 4.74 Å². The van der Waals surface area contributed by atoms with E-state index in [9.17, 15) is 13.6 Å². The van der Waals surface area contributed by atoms with Gasteiger partial charge >= 0.3 is 6.09 Å². The molecular weight excluding hydrogens is 386 g/mol. The van der Waals surface area contributed by atoms with E-state index in [0.717, 1.165) is 11.1 Å². The van der Waals surface area contributed by atoms with E-state index in [2.05, 4.69) is 35.0 Å². The number of hydrogen-bond donors (Lipinski definition) is 1. The average Bonchev–Trinajstić information content (AvgIpc) is 3.22. The van der Waals surface area contributed by atoms with Crippen LogP contribution in [0.15, 0.2) is 73.1 Å². The van der Waals surface area contributed by atoms with Gasteiger partial charge in [0.05, 0.1) is 12.1 Å². The van der Waals surface area contributed by atoms with E-state index >= 15 is 0 Å². The molecule has 2 heterocycles. The minimum absolute atomic E-state index is 0.284. The molecule has 0 unspecified atom stereocenters. The fraction of sp³-hybridized carbons (Fsp3) is 0.0833. The second-order valence-corrected chi connectivity index (χ2v) is 5.79. The third kappa shape index (κ3) is 6.78. The molecule has 3 aromatic rings. The minimum atomic E-state index is -0.422. The first-order valence-electron chi connectivity index (χ1n) is 8.81. The lowest BCUT2D eigenvalue weighted by Gasteiger charge is -2.06. The first-order valence-corrected chi connectivity index (χ1v) is 8.81. The maximum absolute atomic E-state index is 13.2. The molecule has 0 saturated carbocycles. The van der Waals surface area contributed by atoms with Crippen LogP contribution >= 0.6 is 0 Å². The van der Waals surface area contributed by atoms with Gasteiger partial charge in [0.1, 0.15) is 17.7 Å². The quantitative estimate of drug-likeness (QED) is 0.609. The number of nitrogens with one attached hydrogen (secondary N) is 1. The molecule has 0 aliphatic carbocycles. The Bertz CT molecular complexity index is 1040. The molecule has 2 aromatic carbocycles. The Kier molecular flexibility index (Phi) is 8.58. The number of rotatable bonds is 1. The molecule has 1 amide bonds. The van der Waals surface area contributed by atoms with Crippen LogP contribution in [0.4, 0.5) is 13.6 Å². The summed E-state index contributed by atoms with van der Waals surface area (Å²) >= 11 is 0. The number of cyclic esters (lactones) is 1. The van der Waals surface area contributed by atoms with E-state index in [-0.39, 0.29) is 17.7 Å². The molecule has 30 heavy (non-hydrogen) atoms. The fourth-order valence-electron chi connectivity index (χ4n) is 2.39. The molecule has 0 spiro atoms. The van der Waals surface area contributed by atoms with E-state index < -0.39 is 6.09 Å². The van der Waals surface area contributed by atoms with Gasteiger partial charge in [0, 0.05) is 18.0 Å². The normalized spacial score (nSPS) is 13.7. The lowest BCUT2D eigenvalue weighted by molar-refractivity contribution is 0.141. The highest BCUT2D eigenvalue weighted by atomic mass is 19.1. The first kappa shape index (κ1) is 22.1. The van der Waals surface area contributed by atoms with Crippen molar-refractivity contribution >= 4 is 6.09 Å². The van der Waals surface area contributed by atoms with Crippen molar-refractivity contribution in [3.8, 4) is 24.7 Å². The maximum Gasteiger partial charge on any atom is 0.407 e. The Balaban J connectivity index is 0.000000199. The number of terminal acetylenes is 1. The highest BCUT2D eigenvalue weighted by Gasteiger charge is 2.23. The molecule has 4 rings (SSSR count). The van der Waals surface area contributed by atoms with Gasteiger partial charge in [-0.3, -0.25) is 4.98 Å². The highest BCUT2D eigenvalue weighted by Crippen LogP contribution is 2.20. The van der Waals surface area contributed by atoms with E-state index in [1.165, 1.54) is 18.2 Å². The Morgan fingerprint density at radius 2 is 1.63 bits per heavy atom. The molecule has 4 nitrogen and oxygen atoms in total. The zero-order valence-corrected chi connectivity index (χ0v) is 15.9. The summed E-state index contributed by atoms with van der Waals surface area (Å²) in [7, 11) is 0. The van der Waals surface area contributed by atoms with Crippen molar-refractivity contribution in [2.45, 2.75) is 6.10 Å². The zero-order valence-electron chi connectivity index (χ0n) is 15.9. The number of aromatic nitrogens is 1. The van der Waals surface area contributed by atoms with Crippen LogP contribution in [0, 0.1) is 36.3 Å². The van der Waals surface area contributed by atoms with Gasteiger partial charge in [0.2, 0.25) is 0 Å². The number of ether oxygens (including phenoxy) is 1. The number of halogens is 2. The maximum atomic E-state index is 13.2. The Morgan fingerprint density at radius 1 is 0.967 bits per heavy atom. The smallest absolute Gasteiger partial charge is 0.407 e. The predicted octanol–water partition coefficient (Wildman–Crippen LogP) is 4.48. The number of amides is 1. The number of hydrogen-bond acceptors (Lipinski definition) is 3. The van der Waals surface area contributed by atoms with E-state index in [1.807, 2.05) is 0 Å². The molecular formula is C24H18F2N2O2. The van der Waals surface area contributed by atoms with Crippen molar-refractivity contribution in [1.82, 2.24) is 10.3 Å². The molecule has 1 aliphatic heterocycles. The minimum Gasteiger partial charge on any atom is -0.439 e. The van der Waals surface area contributed by atoms with E-state index in [4.69, 9.17) is 4.74 Å². The monoisotopic (exact) mass is 404 g/mol. The van der Waals surface area contributed by atoms with E-state index in [0.29, 0.717) is 12.1 Å². The van der Waals surface area contributed by atoms with Gasteiger partial charge in [-0.05, 0) is 42.0 Å². The highest BCUT2D eigenvalue weighted by molar-refractivity contribution is 5.69. The molecule has 1 N–H and O–H groups in total. The zero-order chi connectivity index (χ0) is 21.8. The number of benzene rings is 2. The molecule has 1 atom stereocenters. The van der Waals surface area contributed by atoms with Crippen LogP contribution in [0.3, 0.4) is 0 Å². The van der Waals surface area contributed by atoms with Gasteiger partial charge < -0.3 is 10.1 Å². The summed E-state index contributed by atoms with van der Waals surface area (Å²) < 4.78 is 30.6. The van der Waals surface area contributed by atoms with Crippen molar-refractivity contribution in [1.29, 1.82) is 0 Å². The second-order valence-electron chi connectivity index (χ2n) is 5.79. The van der Waals surface area contributed by atoms with Gasteiger partial charge in [0.25, 0.3) is 0 Å². The number of pyridine rings is 1. The molecule has 150 valence electrons. The standard InChI is InChI=1S/C13H8FN.C9H8FNO2.C2H2/c14-13-4-2-1-3-12(13)6-5-11-7-9-15-10-8-11;10-7-3-1-6(2-4-7)8-5-11-9(12)13-8;1-2/h1-4,7-10H;1-4,8H,5H2,(H,11,12);1-2H/t;8-;/m.1./s1. The van der Waals surface area contributed by atoms with Crippen LogP contribution in [0.25, 0.3) is 0 Å². The van der Waals surface area contributed by atoms with Crippen molar-refractivity contribution in [3.63, 3.8) is 0 Å². The predicted molar refractivity (Wildman–Crippen MR) is 110 cm³/mol. The Morgan fingerprint density at radius 3 is 2.23 bits per heavy atom. The van der Waals surface area contributed by atoms with Gasteiger partial charge in [-0.1, -0.05) is 36.1 Å². The topological polar surface area (TPSA) is 51.2 Å². The molecule has 1 saturated heterocycles. The van der Waals surface area contributed by atoms with Crippen LogP contribution in [0.2, 0.25) is 0 Å². The van der Waals surface area contributed by atoms with Crippen LogP contribution in [0.1, 0.15) is 22.8 Å². The van der Waals surface area contributed by atoms with Gasteiger partial charge in [-0.25, -0.2) is 13.6 Å². The fourth-order valence-corrected chi connectivity index (χ4v) is 2.39. The number of nitrogens with zero attached hydrogens (tertiary/aromatic N) is 1. The lowest BCUT2D eigenvalue weighted by Crippen LogP contribution is -2.12. The van der Waals surface area contributed by atoms with Gasteiger partial charge in [-0.15, -0.1) is 12.8 Å². The largest absolute Gasteiger partial charge is 0.439 e. The summed E-state index contributed by atoms with van der Waals surface area (Å²) in [4.78, 5) is 14.6. The molecule has 0 radical (unpaired) electrons. The third-order valence-electron chi connectivity index (χ3n) is 3.82. The van der Waals surface area contributed by atoms with Crippen molar-refractivity contribution in [3.05, 3.63) is 101 Å². The molecule has 0 bridgehead atoms.